The molecule has 1 aliphatic carbocycles. The van der Waals surface area contributed by atoms with E-state index in [0.29, 0.717) is 5.69 Å². The number of ether oxygens (including phenoxy) is 1. The molecule has 1 amide bonds. The molecule has 5 rings (SSSR count). The van der Waals surface area contributed by atoms with Gasteiger partial charge in [0.15, 0.2) is 0 Å². The van der Waals surface area contributed by atoms with Crippen LogP contribution in [0.3, 0.4) is 0 Å². The third kappa shape index (κ3) is 4.71. The molecular weight excluding hydrogens is 474 g/mol. The molecule has 4 N–H and O–H groups in total. The second-order valence-corrected chi connectivity index (χ2v) is 8.07. The van der Waals surface area contributed by atoms with Crippen molar-refractivity contribution in [1.29, 1.82) is 5.26 Å². The number of benzene rings is 3. The molecule has 182 valence electrons. The van der Waals surface area contributed by atoms with Crippen LogP contribution in [0.5, 0.6) is 0 Å². The summed E-state index contributed by atoms with van der Waals surface area (Å²) in [5.74, 6) is -1.22. The first-order chi connectivity index (χ1) is 18.0. The zero-order chi connectivity index (χ0) is 25.8. The fourth-order valence-corrected chi connectivity index (χ4v) is 4.22. The van der Waals surface area contributed by atoms with Gasteiger partial charge < -0.3 is 15.2 Å². The van der Waals surface area contributed by atoms with E-state index in [1.165, 1.54) is 24.4 Å². The molecule has 0 spiro atoms. The Balaban J connectivity index is 1.34. The number of rotatable bonds is 7. The lowest BCUT2D eigenvalue weighted by Crippen LogP contribution is -2.18. The summed E-state index contributed by atoms with van der Waals surface area (Å²) in [5, 5.41) is 37.5. The van der Waals surface area contributed by atoms with Crippen LogP contribution in [0.2, 0.25) is 0 Å². The first-order valence-corrected chi connectivity index (χ1v) is 11.1. The molecule has 0 radical (unpaired) electrons. The minimum atomic E-state index is -1.16. The van der Waals surface area contributed by atoms with Crippen molar-refractivity contribution in [1.82, 2.24) is 20.6 Å². The average Bonchev–Trinajstić information content (AvgIpc) is 3.55. The number of aromatic amines is 1. The second kappa shape index (κ2) is 10.0. The number of nitriles is 1. The Labute approximate surface area is 210 Å². The summed E-state index contributed by atoms with van der Waals surface area (Å²) >= 11 is 0. The predicted molar refractivity (Wildman–Crippen MR) is 133 cm³/mol. The number of amides is 1. The topological polar surface area (TPSA) is 166 Å². The SMILES string of the molecule is N#CC(=CNc1ccc(C(=O)O)cc1NC(=O)OCC1c2ccccc2-c2ccccc21)c1nn[nH]n1. The molecule has 37 heavy (non-hydrogen) atoms. The lowest BCUT2D eigenvalue weighted by Gasteiger charge is -2.16. The minimum Gasteiger partial charge on any atom is -0.478 e. The van der Waals surface area contributed by atoms with E-state index < -0.39 is 12.1 Å². The quantitative estimate of drug-likeness (QED) is 0.275. The lowest BCUT2D eigenvalue weighted by atomic mass is 9.98. The van der Waals surface area contributed by atoms with Crippen LogP contribution < -0.4 is 10.6 Å². The van der Waals surface area contributed by atoms with Gasteiger partial charge in [-0.25, -0.2) is 9.59 Å². The number of hydrogen-bond acceptors (Lipinski definition) is 8. The number of aromatic nitrogens is 4. The molecule has 11 nitrogen and oxygen atoms in total. The standard InChI is InChI=1S/C26H19N7O4/c27-12-16(24-30-32-33-31-24)13-28-22-10-9-15(25(34)35)11-23(22)29-26(36)37-14-21-19-7-3-1-5-17(19)18-6-2-4-8-20(18)21/h1-11,13,21,28H,14H2,(H,29,36)(H,34,35)(H,30,31,32,33). The minimum absolute atomic E-state index is 0.0397. The van der Waals surface area contributed by atoms with E-state index in [9.17, 15) is 20.0 Å². The van der Waals surface area contributed by atoms with E-state index in [4.69, 9.17) is 4.74 Å². The van der Waals surface area contributed by atoms with Gasteiger partial charge in [0.2, 0.25) is 5.82 Å². The first kappa shape index (κ1) is 23.3. The van der Waals surface area contributed by atoms with Gasteiger partial charge in [-0.1, -0.05) is 48.5 Å². The zero-order valence-corrected chi connectivity index (χ0v) is 19.2. The summed E-state index contributed by atoms with van der Waals surface area (Å²) < 4.78 is 5.58. The van der Waals surface area contributed by atoms with Crippen LogP contribution in [0.25, 0.3) is 16.7 Å². The summed E-state index contributed by atoms with van der Waals surface area (Å²) in [6, 6.07) is 22.0. The van der Waals surface area contributed by atoms with Gasteiger partial charge in [0.1, 0.15) is 18.2 Å². The summed E-state index contributed by atoms with van der Waals surface area (Å²) in [5.41, 5.74) is 4.87. The highest BCUT2D eigenvalue weighted by atomic mass is 16.5. The number of allylic oxidation sites excluding steroid dienone is 1. The number of carbonyl (C=O) groups is 2. The van der Waals surface area contributed by atoms with Crippen LogP contribution in [-0.4, -0.2) is 44.4 Å². The van der Waals surface area contributed by atoms with Crippen molar-refractivity contribution in [2.75, 3.05) is 17.2 Å². The molecule has 0 fully saturated rings. The Morgan fingerprint density at radius 3 is 2.38 bits per heavy atom. The number of fused-ring (bicyclic) bond motifs is 3. The van der Waals surface area contributed by atoms with Crippen molar-refractivity contribution in [2.45, 2.75) is 5.92 Å². The van der Waals surface area contributed by atoms with Gasteiger partial charge >= 0.3 is 12.1 Å². The van der Waals surface area contributed by atoms with E-state index in [1.807, 2.05) is 54.6 Å². The van der Waals surface area contributed by atoms with Crippen LogP contribution in [0, 0.1) is 11.3 Å². The van der Waals surface area contributed by atoms with Crippen molar-refractivity contribution in [3.63, 3.8) is 0 Å². The number of hydrogen-bond donors (Lipinski definition) is 4. The van der Waals surface area contributed by atoms with Crippen LogP contribution in [-0.2, 0) is 4.74 Å². The van der Waals surface area contributed by atoms with Crippen LogP contribution >= 0.6 is 0 Å². The van der Waals surface area contributed by atoms with Gasteiger partial charge in [-0.3, -0.25) is 5.32 Å². The summed E-state index contributed by atoms with van der Waals surface area (Å²) in [6.45, 7) is 0.0948. The molecule has 1 aliphatic rings. The fourth-order valence-electron chi connectivity index (χ4n) is 4.22. The van der Waals surface area contributed by atoms with Gasteiger partial charge in [-0.05, 0) is 45.7 Å². The van der Waals surface area contributed by atoms with Crippen LogP contribution in [0.1, 0.15) is 33.2 Å². The molecule has 0 bridgehead atoms. The number of anilines is 2. The van der Waals surface area contributed by atoms with Crippen LogP contribution in [0.4, 0.5) is 16.2 Å². The Morgan fingerprint density at radius 2 is 1.76 bits per heavy atom. The number of nitrogens with zero attached hydrogens (tertiary/aromatic N) is 4. The Bertz CT molecular complexity index is 1510. The molecule has 1 aromatic heterocycles. The maximum atomic E-state index is 12.8. The molecule has 0 saturated carbocycles. The third-order valence-electron chi connectivity index (χ3n) is 5.93. The zero-order valence-electron chi connectivity index (χ0n) is 19.2. The molecule has 0 unspecified atom stereocenters. The van der Waals surface area contributed by atoms with Crippen molar-refractivity contribution in [3.05, 3.63) is 95.4 Å². The van der Waals surface area contributed by atoms with E-state index in [-0.39, 0.29) is 35.2 Å². The van der Waals surface area contributed by atoms with Gasteiger partial charge in [-0.15, -0.1) is 10.2 Å². The monoisotopic (exact) mass is 493 g/mol. The molecule has 0 atom stereocenters. The summed E-state index contributed by atoms with van der Waals surface area (Å²) in [7, 11) is 0. The second-order valence-electron chi connectivity index (χ2n) is 8.07. The highest BCUT2D eigenvalue weighted by molar-refractivity contribution is 5.95. The molecule has 11 heteroatoms. The Hall–Kier alpha value is -5.50. The number of aromatic carboxylic acids is 1. The predicted octanol–water partition coefficient (Wildman–Crippen LogP) is 4.24. The number of tetrazole rings is 1. The van der Waals surface area contributed by atoms with E-state index in [1.54, 1.807) is 0 Å². The maximum absolute atomic E-state index is 12.8. The number of carboxylic acids is 1. The lowest BCUT2D eigenvalue weighted by molar-refractivity contribution is 0.0696. The van der Waals surface area contributed by atoms with E-state index in [2.05, 4.69) is 31.3 Å². The van der Waals surface area contributed by atoms with Crippen molar-refractivity contribution < 1.29 is 19.4 Å². The highest BCUT2D eigenvalue weighted by Crippen LogP contribution is 2.44. The Kier molecular flexibility index (Phi) is 6.29. The average molecular weight is 493 g/mol. The van der Waals surface area contributed by atoms with Crippen molar-refractivity contribution >= 4 is 29.0 Å². The van der Waals surface area contributed by atoms with Crippen LogP contribution in [0.15, 0.2) is 72.9 Å². The number of carbonyl (C=O) groups excluding carboxylic acids is 1. The van der Waals surface area contributed by atoms with Gasteiger partial charge in [0, 0.05) is 12.1 Å². The van der Waals surface area contributed by atoms with E-state index in [0.717, 1.165) is 22.3 Å². The largest absolute Gasteiger partial charge is 0.478 e. The molecule has 0 saturated heterocycles. The number of carboxylic acid groups (broad SMARTS) is 1. The molecule has 0 aliphatic heterocycles. The van der Waals surface area contributed by atoms with E-state index >= 15 is 0 Å². The highest BCUT2D eigenvalue weighted by Gasteiger charge is 2.29. The fraction of sp³-hybridized carbons (Fsp3) is 0.0769. The van der Waals surface area contributed by atoms with Gasteiger partial charge in [0.05, 0.1) is 16.9 Å². The van der Waals surface area contributed by atoms with Crippen molar-refractivity contribution in [3.8, 4) is 17.2 Å². The molecular formula is C26H19N7O4. The van der Waals surface area contributed by atoms with Gasteiger partial charge in [0.25, 0.3) is 0 Å². The molecule has 1 heterocycles. The Morgan fingerprint density at radius 1 is 1.05 bits per heavy atom. The third-order valence-corrected chi connectivity index (χ3v) is 5.93. The summed E-state index contributed by atoms with van der Waals surface area (Å²) in [4.78, 5) is 24.3. The summed E-state index contributed by atoms with van der Waals surface area (Å²) in [6.07, 6.45) is 0.568. The first-order valence-electron chi connectivity index (χ1n) is 11.1. The normalized spacial score (nSPS) is 12.2. The number of H-pyrrole nitrogens is 1. The number of nitrogens with one attached hydrogen (secondary N) is 3. The van der Waals surface area contributed by atoms with Crippen molar-refractivity contribution in [2.24, 2.45) is 0 Å². The van der Waals surface area contributed by atoms with Gasteiger partial charge in [-0.2, -0.15) is 10.5 Å². The smallest absolute Gasteiger partial charge is 0.411 e. The maximum Gasteiger partial charge on any atom is 0.411 e. The molecule has 3 aromatic carbocycles. The molecule has 4 aromatic rings.